The van der Waals surface area contributed by atoms with E-state index >= 15 is 0 Å². The van der Waals surface area contributed by atoms with Crippen molar-refractivity contribution in [1.29, 1.82) is 0 Å². The maximum absolute atomic E-state index is 14.0. The van der Waals surface area contributed by atoms with E-state index in [2.05, 4.69) is 10.3 Å². The molecule has 2 aromatic carbocycles. The molecule has 0 atom stereocenters. The lowest BCUT2D eigenvalue weighted by Gasteiger charge is -2.33. The summed E-state index contributed by atoms with van der Waals surface area (Å²) in [5, 5.41) is 2.77. The summed E-state index contributed by atoms with van der Waals surface area (Å²) in [6.45, 7) is 3.91. The zero-order chi connectivity index (χ0) is 22.6. The highest BCUT2D eigenvalue weighted by Gasteiger charge is 2.30. The molecule has 0 aliphatic carbocycles. The quantitative estimate of drug-likeness (QED) is 0.415. The van der Waals surface area contributed by atoms with Crippen LogP contribution in [-0.4, -0.2) is 30.7 Å². The van der Waals surface area contributed by atoms with Crippen LogP contribution in [0.2, 0.25) is 0 Å². The Morgan fingerprint density at radius 2 is 2.10 bits per heavy atom. The van der Waals surface area contributed by atoms with Gasteiger partial charge in [-0.05, 0) is 63.2 Å². The highest BCUT2D eigenvalue weighted by atomic mass is 19.1. The predicted molar refractivity (Wildman–Crippen MR) is 115 cm³/mol. The first-order valence-corrected chi connectivity index (χ1v) is 9.73. The van der Waals surface area contributed by atoms with Gasteiger partial charge in [-0.3, -0.25) is 9.59 Å². The van der Waals surface area contributed by atoms with Crippen LogP contribution in [0.3, 0.4) is 0 Å². The number of fused-ring (bicyclic) bond motifs is 1. The van der Waals surface area contributed by atoms with Crippen molar-refractivity contribution in [3.63, 3.8) is 0 Å². The van der Waals surface area contributed by atoms with E-state index in [4.69, 9.17) is 15.2 Å². The van der Waals surface area contributed by atoms with Gasteiger partial charge in [0, 0.05) is 24.2 Å². The maximum atomic E-state index is 14.0. The van der Waals surface area contributed by atoms with Crippen molar-refractivity contribution in [1.82, 2.24) is 5.32 Å². The molecule has 0 radical (unpaired) electrons. The van der Waals surface area contributed by atoms with Crippen LogP contribution in [0.15, 0.2) is 47.6 Å². The van der Waals surface area contributed by atoms with Gasteiger partial charge in [0.25, 0.3) is 5.91 Å². The molecule has 0 spiro atoms. The van der Waals surface area contributed by atoms with Gasteiger partial charge in [-0.25, -0.2) is 4.39 Å². The standard InChI is InChI=1S/C23H24FN3O4/c1-23(2)8-6-17-19(30-16-5-4-14(13-28)18(24)12-16)10-15(11-20(17)31-23)22(29)27-21(25)7-9-26-3/h4-5,7,9-13,26H,6,8H2,1-3H3,(H2,25,27,29)/b9-7-. The van der Waals surface area contributed by atoms with E-state index in [1.54, 1.807) is 19.3 Å². The van der Waals surface area contributed by atoms with Crippen LogP contribution >= 0.6 is 0 Å². The largest absolute Gasteiger partial charge is 0.487 e. The molecule has 3 rings (SSSR count). The fourth-order valence-electron chi connectivity index (χ4n) is 3.13. The Hall–Kier alpha value is -3.68. The predicted octanol–water partition coefficient (Wildman–Crippen LogP) is 3.76. The Bertz CT molecular complexity index is 1080. The van der Waals surface area contributed by atoms with Gasteiger partial charge in [-0.2, -0.15) is 4.99 Å². The van der Waals surface area contributed by atoms with Gasteiger partial charge in [0.2, 0.25) is 0 Å². The zero-order valence-corrected chi connectivity index (χ0v) is 17.6. The molecule has 8 heteroatoms. The summed E-state index contributed by atoms with van der Waals surface area (Å²) in [5.74, 6) is -0.178. The molecule has 0 aromatic heterocycles. The second kappa shape index (κ2) is 8.99. The summed E-state index contributed by atoms with van der Waals surface area (Å²) in [6, 6.07) is 7.09. The van der Waals surface area contributed by atoms with Gasteiger partial charge < -0.3 is 20.5 Å². The van der Waals surface area contributed by atoms with Crippen molar-refractivity contribution in [2.75, 3.05) is 7.05 Å². The number of amidine groups is 1. The number of carbonyl (C=O) groups is 2. The lowest BCUT2D eigenvalue weighted by molar-refractivity contribution is 0.0831. The van der Waals surface area contributed by atoms with E-state index in [1.165, 1.54) is 24.3 Å². The van der Waals surface area contributed by atoms with Gasteiger partial charge in [0.1, 0.15) is 34.5 Å². The highest BCUT2D eigenvalue weighted by molar-refractivity contribution is 6.06. The third-order valence-electron chi connectivity index (χ3n) is 4.76. The van der Waals surface area contributed by atoms with Gasteiger partial charge in [0.15, 0.2) is 6.29 Å². The molecule has 2 aromatic rings. The lowest BCUT2D eigenvalue weighted by atomic mass is 9.92. The number of nitrogens with zero attached hydrogens (tertiary/aromatic N) is 1. The molecule has 162 valence electrons. The minimum atomic E-state index is -0.695. The van der Waals surface area contributed by atoms with Crippen molar-refractivity contribution < 1.29 is 23.5 Å². The summed E-state index contributed by atoms with van der Waals surface area (Å²) >= 11 is 0. The van der Waals surface area contributed by atoms with Gasteiger partial charge in [-0.1, -0.05) is 0 Å². The number of ether oxygens (including phenoxy) is 2. The normalized spacial score (nSPS) is 15.2. The molecule has 0 saturated heterocycles. The van der Waals surface area contributed by atoms with Gasteiger partial charge >= 0.3 is 0 Å². The van der Waals surface area contributed by atoms with E-state index in [0.717, 1.165) is 18.1 Å². The Morgan fingerprint density at radius 3 is 2.77 bits per heavy atom. The minimum Gasteiger partial charge on any atom is -0.487 e. The number of rotatable bonds is 6. The number of nitrogens with two attached hydrogens (primary N) is 1. The van der Waals surface area contributed by atoms with Crippen LogP contribution in [0, 0.1) is 5.82 Å². The maximum Gasteiger partial charge on any atom is 0.279 e. The number of aliphatic imine (C=N–C) groups is 1. The fourth-order valence-corrected chi connectivity index (χ4v) is 3.13. The number of halogens is 1. The monoisotopic (exact) mass is 425 g/mol. The average molecular weight is 425 g/mol. The number of amides is 1. The number of nitrogens with one attached hydrogen (secondary N) is 1. The zero-order valence-electron chi connectivity index (χ0n) is 17.6. The lowest BCUT2D eigenvalue weighted by Crippen LogP contribution is -2.32. The molecule has 0 unspecified atom stereocenters. The smallest absolute Gasteiger partial charge is 0.279 e. The molecular formula is C23H24FN3O4. The van der Waals surface area contributed by atoms with Crippen molar-refractivity contribution in [2.45, 2.75) is 32.3 Å². The summed E-state index contributed by atoms with van der Waals surface area (Å²) in [4.78, 5) is 27.4. The van der Waals surface area contributed by atoms with E-state index in [9.17, 15) is 14.0 Å². The molecule has 1 heterocycles. The average Bonchev–Trinajstić information content (AvgIpc) is 2.71. The van der Waals surface area contributed by atoms with Crippen molar-refractivity contribution in [3.05, 3.63) is 65.1 Å². The highest BCUT2D eigenvalue weighted by Crippen LogP contribution is 2.41. The van der Waals surface area contributed by atoms with Crippen LogP contribution in [0.1, 0.15) is 46.5 Å². The first-order valence-electron chi connectivity index (χ1n) is 9.73. The Balaban J connectivity index is 2.02. The molecule has 7 nitrogen and oxygen atoms in total. The molecule has 31 heavy (non-hydrogen) atoms. The molecular weight excluding hydrogens is 401 g/mol. The first-order chi connectivity index (χ1) is 14.7. The molecule has 1 aliphatic rings. The second-order valence-corrected chi connectivity index (χ2v) is 7.68. The summed E-state index contributed by atoms with van der Waals surface area (Å²) in [7, 11) is 1.70. The Morgan fingerprint density at radius 1 is 1.32 bits per heavy atom. The van der Waals surface area contributed by atoms with E-state index < -0.39 is 17.3 Å². The number of benzene rings is 2. The van der Waals surface area contributed by atoms with E-state index in [1.807, 2.05) is 13.8 Å². The third-order valence-corrected chi connectivity index (χ3v) is 4.76. The Kier molecular flexibility index (Phi) is 6.39. The molecule has 0 saturated carbocycles. The Labute approximate surface area is 179 Å². The van der Waals surface area contributed by atoms with Crippen molar-refractivity contribution in [3.8, 4) is 17.2 Å². The van der Waals surface area contributed by atoms with Gasteiger partial charge in [-0.15, -0.1) is 0 Å². The summed E-state index contributed by atoms with van der Waals surface area (Å²) in [5.41, 5.74) is 6.26. The van der Waals surface area contributed by atoms with E-state index in [0.29, 0.717) is 24.2 Å². The van der Waals surface area contributed by atoms with Crippen molar-refractivity contribution >= 4 is 18.0 Å². The van der Waals surface area contributed by atoms with Crippen LogP contribution in [0.5, 0.6) is 17.2 Å². The molecule has 1 aliphatic heterocycles. The second-order valence-electron chi connectivity index (χ2n) is 7.68. The number of hydrogen-bond donors (Lipinski definition) is 2. The SMILES string of the molecule is CN/C=C\C(N)=NC(=O)c1cc(Oc2ccc(C=O)c(F)c2)c2c(c1)OC(C)(C)CC2. The molecule has 0 fully saturated rings. The van der Waals surface area contributed by atoms with Crippen LogP contribution in [-0.2, 0) is 6.42 Å². The first kappa shape index (κ1) is 22.0. The molecule has 3 N–H and O–H groups in total. The molecule has 1 amide bonds. The molecule has 0 bridgehead atoms. The van der Waals surface area contributed by atoms with Crippen LogP contribution in [0.4, 0.5) is 4.39 Å². The van der Waals surface area contributed by atoms with Crippen LogP contribution < -0.4 is 20.5 Å². The van der Waals surface area contributed by atoms with Gasteiger partial charge in [0.05, 0.1) is 5.56 Å². The minimum absolute atomic E-state index is 0.0345. The van der Waals surface area contributed by atoms with Crippen LogP contribution in [0.25, 0.3) is 0 Å². The number of carbonyl (C=O) groups excluding carboxylic acids is 2. The number of aldehydes is 1. The van der Waals surface area contributed by atoms with Crippen molar-refractivity contribution in [2.24, 2.45) is 10.7 Å². The topological polar surface area (TPSA) is 103 Å². The third kappa shape index (κ3) is 5.28. The summed E-state index contributed by atoms with van der Waals surface area (Å²) < 4.78 is 26.0. The van der Waals surface area contributed by atoms with E-state index in [-0.39, 0.29) is 22.7 Å². The summed E-state index contributed by atoms with van der Waals surface area (Å²) in [6.07, 6.45) is 4.84. The fraction of sp³-hybridized carbons (Fsp3) is 0.261. The number of hydrogen-bond acceptors (Lipinski definition) is 5.